The number of unbranched alkanes of at least 4 members (excludes halogenated alkanes) is 1. The van der Waals surface area contributed by atoms with Crippen LogP contribution < -0.4 is 24.8 Å². The Labute approximate surface area is 250 Å². The molecule has 4 rings (SSSR count). The number of likely N-dealkylation sites (tertiary alicyclic amines) is 1. The first-order valence-corrected chi connectivity index (χ1v) is 14.5. The fourth-order valence-electron chi connectivity index (χ4n) is 4.75. The van der Waals surface area contributed by atoms with E-state index in [0.29, 0.717) is 41.8 Å². The van der Waals surface area contributed by atoms with Gasteiger partial charge in [-0.25, -0.2) is 4.79 Å². The first kappa shape index (κ1) is 32.3. The molecule has 1 aromatic heterocycles. The lowest BCUT2D eigenvalue weighted by molar-refractivity contribution is 0.214. The minimum absolute atomic E-state index is 0. The van der Waals surface area contributed by atoms with Crippen LogP contribution in [0.1, 0.15) is 59.3 Å². The predicted molar refractivity (Wildman–Crippen MR) is 168 cm³/mol. The highest BCUT2D eigenvalue weighted by Crippen LogP contribution is 2.37. The molecule has 2 aromatic carbocycles. The number of hydrogen-bond acceptors (Lipinski definition) is 6. The van der Waals surface area contributed by atoms with Crippen molar-refractivity contribution in [3.05, 3.63) is 48.7 Å². The van der Waals surface area contributed by atoms with Gasteiger partial charge in [-0.05, 0) is 93.6 Å². The van der Waals surface area contributed by atoms with Gasteiger partial charge in [-0.15, -0.1) is 12.4 Å². The van der Waals surface area contributed by atoms with Gasteiger partial charge in [-0.3, -0.25) is 4.98 Å². The quantitative estimate of drug-likeness (QED) is 0.213. The van der Waals surface area contributed by atoms with Crippen LogP contribution in [0.5, 0.6) is 23.0 Å². The van der Waals surface area contributed by atoms with Crippen LogP contribution in [0.4, 0.5) is 10.5 Å². The van der Waals surface area contributed by atoms with E-state index in [1.54, 1.807) is 13.3 Å². The number of piperidine rings is 1. The van der Waals surface area contributed by atoms with Gasteiger partial charge in [0.05, 0.1) is 19.2 Å². The monoisotopic (exact) mass is 584 g/mol. The standard InChI is InChI=1S/C32H44N4O4.ClH/c1-32(2,3)15-17-34-31(37)35-24-10-12-25(13-11-24)40-28-14-16-33-27-23-30(29(38-4)22-26(27)28)39-21-9-8-20-36-18-6-5-7-19-36;/h10-14,16,22-23H,5-9,15,17-21H2,1-4H3,(H2,34,35,37);1H. The second kappa shape index (κ2) is 15.7. The number of carbonyl (C=O) groups excluding carboxylic acids is 1. The van der Waals surface area contributed by atoms with E-state index < -0.39 is 0 Å². The Balaban J connectivity index is 0.00000462. The van der Waals surface area contributed by atoms with Gasteiger partial charge < -0.3 is 29.7 Å². The van der Waals surface area contributed by atoms with Gasteiger partial charge in [0.1, 0.15) is 11.5 Å². The van der Waals surface area contributed by atoms with E-state index in [2.05, 4.69) is 41.3 Å². The van der Waals surface area contributed by atoms with Gasteiger partial charge in [0.25, 0.3) is 0 Å². The number of halogens is 1. The molecule has 0 unspecified atom stereocenters. The highest BCUT2D eigenvalue weighted by molar-refractivity contribution is 5.90. The lowest BCUT2D eigenvalue weighted by Crippen LogP contribution is -2.31. The van der Waals surface area contributed by atoms with E-state index in [1.807, 2.05) is 42.5 Å². The van der Waals surface area contributed by atoms with Crippen LogP contribution in [0, 0.1) is 5.41 Å². The zero-order chi connectivity index (χ0) is 28.4. The fourth-order valence-corrected chi connectivity index (χ4v) is 4.75. The zero-order valence-electron chi connectivity index (χ0n) is 24.8. The van der Waals surface area contributed by atoms with Gasteiger partial charge in [0.15, 0.2) is 11.5 Å². The number of nitrogens with one attached hydrogen (secondary N) is 2. The molecule has 1 saturated heterocycles. The molecule has 1 aliphatic heterocycles. The molecule has 1 fully saturated rings. The minimum Gasteiger partial charge on any atom is -0.493 e. The average Bonchev–Trinajstić information content (AvgIpc) is 2.93. The number of fused-ring (bicyclic) bond motifs is 1. The maximum absolute atomic E-state index is 12.2. The number of amides is 2. The molecule has 0 radical (unpaired) electrons. The number of carbonyl (C=O) groups is 1. The van der Waals surface area contributed by atoms with E-state index in [9.17, 15) is 4.79 Å². The van der Waals surface area contributed by atoms with E-state index in [4.69, 9.17) is 14.2 Å². The Bertz CT molecular complexity index is 1240. The first-order valence-electron chi connectivity index (χ1n) is 14.5. The Morgan fingerprint density at radius 3 is 2.44 bits per heavy atom. The second-order valence-corrected chi connectivity index (χ2v) is 11.6. The van der Waals surface area contributed by atoms with Gasteiger partial charge in [-0.1, -0.05) is 27.2 Å². The summed E-state index contributed by atoms with van der Waals surface area (Å²) in [6, 6.07) is 12.7. The molecule has 224 valence electrons. The fraction of sp³-hybridized carbons (Fsp3) is 0.500. The highest BCUT2D eigenvalue weighted by atomic mass is 35.5. The van der Waals surface area contributed by atoms with Crippen LogP contribution in [-0.2, 0) is 0 Å². The number of rotatable bonds is 12. The van der Waals surface area contributed by atoms with Gasteiger partial charge in [0, 0.05) is 29.9 Å². The van der Waals surface area contributed by atoms with Crippen molar-refractivity contribution in [2.75, 3.05) is 45.2 Å². The molecular formula is C32H45ClN4O4. The number of benzene rings is 2. The molecule has 0 aliphatic carbocycles. The van der Waals surface area contributed by atoms with E-state index in [0.717, 1.165) is 36.7 Å². The average molecular weight is 585 g/mol. The van der Waals surface area contributed by atoms with Crippen LogP contribution in [0.15, 0.2) is 48.7 Å². The lowest BCUT2D eigenvalue weighted by Gasteiger charge is -2.26. The van der Waals surface area contributed by atoms with Crippen molar-refractivity contribution in [2.45, 2.75) is 59.3 Å². The highest BCUT2D eigenvalue weighted by Gasteiger charge is 2.14. The van der Waals surface area contributed by atoms with Crippen molar-refractivity contribution in [1.82, 2.24) is 15.2 Å². The SMILES string of the molecule is COc1cc2c(Oc3ccc(NC(=O)NCCC(C)(C)C)cc3)ccnc2cc1OCCCCN1CCCCC1.Cl. The molecule has 41 heavy (non-hydrogen) atoms. The van der Waals surface area contributed by atoms with Gasteiger partial charge in [0.2, 0.25) is 0 Å². The molecule has 1 aliphatic rings. The molecule has 2 N–H and O–H groups in total. The molecular weight excluding hydrogens is 540 g/mol. The molecule has 2 amide bonds. The topological polar surface area (TPSA) is 85.0 Å². The number of methoxy groups -OCH3 is 1. The third-order valence-electron chi connectivity index (χ3n) is 7.06. The van der Waals surface area contributed by atoms with Gasteiger partial charge >= 0.3 is 6.03 Å². The molecule has 3 aromatic rings. The number of hydrogen-bond donors (Lipinski definition) is 2. The van der Waals surface area contributed by atoms with Crippen molar-refractivity contribution >= 4 is 35.0 Å². The minimum atomic E-state index is -0.217. The number of urea groups is 1. The van der Waals surface area contributed by atoms with Crippen LogP contribution in [0.25, 0.3) is 10.9 Å². The van der Waals surface area contributed by atoms with E-state index in [1.165, 1.54) is 32.4 Å². The number of ether oxygens (including phenoxy) is 3. The summed E-state index contributed by atoms with van der Waals surface area (Å²) >= 11 is 0. The van der Waals surface area contributed by atoms with E-state index in [-0.39, 0.29) is 23.9 Å². The van der Waals surface area contributed by atoms with Crippen molar-refractivity contribution < 1.29 is 19.0 Å². The van der Waals surface area contributed by atoms with Crippen LogP contribution in [0.3, 0.4) is 0 Å². The predicted octanol–water partition coefficient (Wildman–Crippen LogP) is 7.66. The summed E-state index contributed by atoms with van der Waals surface area (Å²) in [7, 11) is 1.65. The molecule has 9 heteroatoms. The number of anilines is 1. The largest absolute Gasteiger partial charge is 0.493 e. The summed E-state index contributed by atoms with van der Waals surface area (Å²) < 4.78 is 17.9. The van der Waals surface area contributed by atoms with Crippen molar-refractivity contribution in [2.24, 2.45) is 5.41 Å². The molecule has 0 spiro atoms. The van der Waals surface area contributed by atoms with Crippen molar-refractivity contribution in [3.63, 3.8) is 0 Å². The van der Waals surface area contributed by atoms with Gasteiger partial charge in [-0.2, -0.15) is 0 Å². The number of pyridine rings is 1. The summed E-state index contributed by atoms with van der Waals surface area (Å²) in [5.41, 5.74) is 1.64. The zero-order valence-corrected chi connectivity index (χ0v) is 25.6. The Morgan fingerprint density at radius 1 is 0.976 bits per heavy atom. The second-order valence-electron chi connectivity index (χ2n) is 11.6. The normalized spacial score (nSPS) is 13.8. The van der Waals surface area contributed by atoms with Crippen molar-refractivity contribution in [3.8, 4) is 23.0 Å². The third-order valence-corrected chi connectivity index (χ3v) is 7.06. The third kappa shape index (κ3) is 10.3. The summed E-state index contributed by atoms with van der Waals surface area (Å²) in [6.07, 6.45) is 8.77. The molecule has 0 bridgehead atoms. The first-order chi connectivity index (χ1) is 19.3. The molecule has 8 nitrogen and oxygen atoms in total. The van der Waals surface area contributed by atoms with Crippen LogP contribution >= 0.6 is 12.4 Å². The Hall–Kier alpha value is -3.23. The lowest BCUT2D eigenvalue weighted by atomic mass is 9.92. The summed E-state index contributed by atoms with van der Waals surface area (Å²) in [5.74, 6) is 2.66. The number of aromatic nitrogens is 1. The summed E-state index contributed by atoms with van der Waals surface area (Å²) in [4.78, 5) is 19.3. The maximum Gasteiger partial charge on any atom is 0.319 e. The maximum atomic E-state index is 12.2. The Kier molecular flexibility index (Phi) is 12.4. The number of nitrogens with zero attached hydrogens (tertiary/aromatic N) is 2. The van der Waals surface area contributed by atoms with Crippen molar-refractivity contribution in [1.29, 1.82) is 0 Å². The molecule has 0 atom stereocenters. The Morgan fingerprint density at radius 2 is 1.73 bits per heavy atom. The molecule has 0 saturated carbocycles. The van der Waals surface area contributed by atoms with Crippen LogP contribution in [-0.4, -0.2) is 55.8 Å². The molecule has 2 heterocycles. The summed E-state index contributed by atoms with van der Waals surface area (Å²) in [5, 5.41) is 6.59. The summed E-state index contributed by atoms with van der Waals surface area (Å²) in [6.45, 7) is 11.3. The van der Waals surface area contributed by atoms with Crippen LogP contribution in [0.2, 0.25) is 0 Å². The smallest absolute Gasteiger partial charge is 0.319 e. The van der Waals surface area contributed by atoms with E-state index >= 15 is 0 Å².